The summed E-state index contributed by atoms with van der Waals surface area (Å²) in [6.07, 6.45) is 40.9. The molecule has 0 bridgehead atoms. The molecule has 1 heterocycles. The lowest BCUT2D eigenvalue weighted by Gasteiger charge is -2.04. The maximum atomic E-state index is 2.30. The Morgan fingerprint density at radius 1 is 0.613 bits per heavy atom. The van der Waals surface area contributed by atoms with E-state index in [0.717, 1.165) is 0 Å². The van der Waals surface area contributed by atoms with Gasteiger partial charge in [-0.25, -0.2) is 9.13 Å². The lowest BCUT2D eigenvalue weighted by atomic mass is 10.0. The molecular weight excluding hydrogens is 444 g/mol. The van der Waals surface area contributed by atoms with Crippen molar-refractivity contribution in [3.05, 3.63) is 24.8 Å². The largest absolute Gasteiger partial charge is 1.00 e. The smallest absolute Gasteiger partial charge is 0.248 e. The van der Waals surface area contributed by atoms with E-state index in [1.54, 1.807) is 0 Å². The summed E-state index contributed by atoms with van der Waals surface area (Å²) in [6, 6.07) is 0. The van der Waals surface area contributed by atoms with Crippen LogP contribution in [0.15, 0.2) is 24.8 Å². The molecular formula is C28H53BrN2. The minimum absolute atomic E-state index is 0. The molecule has 0 aromatic carbocycles. The zero-order valence-electron chi connectivity index (χ0n) is 21.0. The van der Waals surface area contributed by atoms with Crippen molar-refractivity contribution in [2.45, 2.75) is 142 Å². The maximum absolute atomic E-state index is 2.30. The SMILES string of the molecule is CCCCCCCCCCCCCCCCCCCCCCC=C[n+]1ccn(C)c1.[Br-]. The van der Waals surface area contributed by atoms with E-state index in [0.29, 0.717) is 0 Å². The second kappa shape index (κ2) is 24.1. The van der Waals surface area contributed by atoms with E-state index in [-0.39, 0.29) is 17.0 Å². The maximum Gasteiger partial charge on any atom is 0.248 e. The van der Waals surface area contributed by atoms with Crippen LogP contribution >= 0.6 is 0 Å². The Morgan fingerprint density at radius 3 is 1.35 bits per heavy atom. The number of halogens is 1. The zero-order chi connectivity index (χ0) is 21.5. The molecule has 0 unspecified atom stereocenters. The van der Waals surface area contributed by atoms with Gasteiger partial charge in [0, 0.05) is 0 Å². The van der Waals surface area contributed by atoms with Crippen LogP contribution in [0.25, 0.3) is 6.20 Å². The summed E-state index contributed by atoms with van der Waals surface area (Å²) in [5.41, 5.74) is 0. The van der Waals surface area contributed by atoms with Crippen LogP contribution in [0.1, 0.15) is 142 Å². The Balaban J connectivity index is 0.00000900. The van der Waals surface area contributed by atoms with Crippen molar-refractivity contribution in [3.8, 4) is 0 Å². The van der Waals surface area contributed by atoms with E-state index in [1.807, 2.05) is 0 Å². The van der Waals surface area contributed by atoms with Gasteiger partial charge in [-0.15, -0.1) is 0 Å². The van der Waals surface area contributed by atoms with Crippen molar-refractivity contribution >= 4 is 6.20 Å². The van der Waals surface area contributed by atoms with Crippen LogP contribution in [0.4, 0.5) is 0 Å². The fraction of sp³-hybridized carbons (Fsp3) is 0.821. The topological polar surface area (TPSA) is 8.81 Å². The predicted octanol–water partition coefficient (Wildman–Crippen LogP) is 6.00. The minimum atomic E-state index is 0. The summed E-state index contributed by atoms with van der Waals surface area (Å²) < 4.78 is 4.19. The van der Waals surface area contributed by atoms with Crippen LogP contribution in [-0.2, 0) is 7.05 Å². The molecule has 0 saturated carbocycles. The Labute approximate surface area is 205 Å². The normalized spacial score (nSPS) is 11.3. The third-order valence-electron chi connectivity index (χ3n) is 6.29. The molecule has 1 aromatic rings. The predicted molar refractivity (Wildman–Crippen MR) is 134 cm³/mol. The average Bonchev–Trinajstić information content (AvgIpc) is 3.16. The Bertz CT molecular complexity index is 495. The molecule has 0 N–H and O–H groups in total. The molecule has 0 spiro atoms. The Morgan fingerprint density at radius 2 is 1.00 bits per heavy atom. The van der Waals surface area contributed by atoms with Gasteiger partial charge in [-0.3, -0.25) is 0 Å². The molecule has 31 heavy (non-hydrogen) atoms. The van der Waals surface area contributed by atoms with Gasteiger partial charge in [0.25, 0.3) is 0 Å². The lowest BCUT2D eigenvalue weighted by Crippen LogP contribution is -3.00. The van der Waals surface area contributed by atoms with Crippen LogP contribution in [0, 0.1) is 0 Å². The molecule has 1 rings (SSSR count). The number of imidazole rings is 1. The second-order valence-corrected chi connectivity index (χ2v) is 9.42. The van der Waals surface area contributed by atoms with Gasteiger partial charge in [-0.1, -0.05) is 129 Å². The van der Waals surface area contributed by atoms with Crippen molar-refractivity contribution in [3.63, 3.8) is 0 Å². The number of allylic oxidation sites excluding steroid dienone is 1. The number of hydrogen-bond donors (Lipinski definition) is 0. The molecule has 0 aliphatic rings. The third kappa shape index (κ3) is 21.1. The number of hydrogen-bond acceptors (Lipinski definition) is 0. The first-order valence-corrected chi connectivity index (χ1v) is 13.5. The number of aromatic nitrogens is 2. The van der Waals surface area contributed by atoms with Gasteiger partial charge < -0.3 is 17.0 Å². The fourth-order valence-electron chi connectivity index (χ4n) is 4.27. The first kappa shape index (κ1) is 30.4. The van der Waals surface area contributed by atoms with Gasteiger partial charge >= 0.3 is 0 Å². The third-order valence-corrected chi connectivity index (χ3v) is 6.29. The second-order valence-electron chi connectivity index (χ2n) is 9.42. The van der Waals surface area contributed by atoms with Crippen LogP contribution in [0.5, 0.6) is 0 Å². The summed E-state index contributed by atoms with van der Waals surface area (Å²) in [4.78, 5) is 0. The van der Waals surface area contributed by atoms with E-state index in [2.05, 4.69) is 54.1 Å². The van der Waals surface area contributed by atoms with E-state index in [9.17, 15) is 0 Å². The molecule has 3 heteroatoms. The van der Waals surface area contributed by atoms with Crippen molar-refractivity contribution in [1.29, 1.82) is 0 Å². The molecule has 0 saturated heterocycles. The van der Waals surface area contributed by atoms with Gasteiger partial charge in [-0.05, 0) is 18.9 Å². The molecule has 0 amide bonds. The lowest BCUT2D eigenvalue weighted by molar-refractivity contribution is -0.567. The van der Waals surface area contributed by atoms with Crippen LogP contribution in [0.2, 0.25) is 0 Å². The molecule has 0 atom stereocenters. The summed E-state index contributed by atoms with van der Waals surface area (Å²) in [7, 11) is 2.06. The quantitative estimate of drug-likeness (QED) is 0.137. The summed E-state index contributed by atoms with van der Waals surface area (Å²) in [5.74, 6) is 0. The zero-order valence-corrected chi connectivity index (χ0v) is 22.6. The van der Waals surface area contributed by atoms with E-state index in [4.69, 9.17) is 0 Å². The first-order chi connectivity index (χ1) is 14.8. The van der Waals surface area contributed by atoms with E-state index >= 15 is 0 Å². The number of unbranched alkanes of at least 4 members (excludes halogenated alkanes) is 20. The van der Waals surface area contributed by atoms with Crippen molar-refractivity contribution in [2.75, 3.05) is 0 Å². The molecule has 1 aromatic heterocycles. The van der Waals surface area contributed by atoms with Gasteiger partial charge in [0.1, 0.15) is 12.4 Å². The van der Waals surface area contributed by atoms with Gasteiger partial charge in [0.05, 0.1) is 13.2 Å². The number of nitrogens with zero attached hydrogens (tertiary/aromatic N) is 2. The van der Waals surface area contributed by atoms with Gasteiger partial charge in [0.15, 0.2) is 0 Å². The van der Waals surface area contributed by atoms with Crippen molar-refractivity contribution < 1.29 is 21.5 Å². The first-order valence-electron chi connectivity index (χ1n) is 13.5. The highest BCUT2D eigenvalue weighted by molar-refractivity contribution is 5.05. The van der Waals surface area contributed by atoms with Crippen molar-refractivity contribution in [1.82, 2.24) is 4.57 Å². The fourth-order valence-corrected chi connectivity index (χ4v) is 4.27. The summed E-state index contributed by atoms with van der Waals surface area (Å²) in [6.45, 7) is 2.30. The average molecular weight is 498 g/mol. The molecule has 2 nitrogen and oxygen atoms in total. The van der Waals surface area contributed by atoms with E-state index < -0.39 is 0 Å². The van der Waals surface area contributed by atoms with Crippen molar-refractivity contribution in [2.24, 2.45) is 7.05 Å². The summed E-state index contributed by atoms with van der Waals surface area (Å²) in [5, 5.41) is 0. The molecule has 0 radical (unpaired) electrons. The molecule has 182 valence electrons. The van der Waals surface area contributed by atoms with E-state index in [1.165, 1.54) is 135 Å². The van der Waals surface area contributed by atoms with Crippen LogP contribution in [0.3, 0.4) is 0 Å². The highest BCUT2D eigenvalue weighted by Crippen LogP contribution is 2.15. The Kier molecular flexibility index (Phi) is 23.6. The molecule has 0 aliphatic carbocycles. The van der Waals surface area contributed by atoms with Gasteiger partial charge in [-0.2, -0.15) is 0 Å². The number of rotatable bonds is 22. The summed E-state index contributed by atoms with van der Waals surface area (Å²) >= 11 is 0. The standard InChI is InChI=1S/C28H53N2.BrH/c1-3-4-5-6-7-8-9-10-11-12-13-14-15-16-17-18-19-20-21-22-23-24-25-30-27-26-29(2)28-30;/h24-28H,3-23H2,1-2H3;1H/q+1;/p-1. The minimum Gasteiger partial charge on any atom is -1.00 e. The number of aryl methyl sites for hydroxylation is 1. The molecule has 0 aliphatic heterocycles. The monoisotopic (exact) mass is 496 g/mol. The highest BCUT2D eigenvalue weighted by atomic mass is 79.9. The highest BCUT2D eigenvalue weighted by Gasteiger charge is 1.96. The molecule has 0 fully saturated rings. The van der Waals surface area contributed by atoms with Crippen LogP contribution in [-0.4, -0.2) is 4.57 Å². The van der Waals surface area contributed by atoms with Gasteiger partial charge in [0.2, 0.25) is 6.33 Å². The Hall–Kier alpha value is -0.570. The van der Waals surface area contributed by atoms with Crippen LogP contribution < -0.4 is 21.5 Å².